The Morgan fingerprint density at radius 2 is 2.09 bits per heavy atom. The number of anilines is 1. The monoisotopic (exact) mass is 320 g/mol. The van der Waals surface area contributed by atoms with Gasteiger partial charge in [-0.15, -0.1) is 0 Å². The predicted octanol–water partition coefficient (Wildman–Crippen LogP) is 3.08. The maximum atomic E-state index is 12.1. The lowest BCUT2D eigenvalue weighted by Gasteiger charge is -2.22. The summed E-state index contributed by atoms with van der Waals surface area (Å²) in [6, 6.07) is 5.35. The molecule has 1 atom stereocenters. The largest absolute Gasteiger partial charge is 0.496 e. The molecule has 2 rings (SSSR count). The Morgan fingerprint density at radius 1 is 1.35 bits per heavy atom. The lowest BCUT2D eigenvalue weighted by Crippen LogP contribution is -2.31. The van der Waals surface area contributed by atoms with Gasteiger partial charge in [-0.25, -0.2) is 4.79 Å². The maximum Gasteiger partial charge on any atom is 0.328 e. The second-order valence-electron chi connectivity index (χ2n) is 6.14. The van der Waals surface area contributed by atoms with Gasteiger partial charge in [0, 0.05) is 17.8 Å². The molecule has 5 heteroatoms. The van der Waals surface area contributed by atoms with Crippen LogP contribution in [0.15, 0.2) is 18.2 Å². The van der Waals surface area contributed by atoms with Gasteiger partial charge in [0.05, 0.1) is 14.2 Å². The highest BCUT2D eigenvalue weighted by molar-refractivity contribution is 5.79. The Hall–Kier alpha value is -1.75. The second kappa shape index (κ2) is 8.77. The fourth-order valence-electron chi connectivity index (χ4n) is 3.38. The highest BCUT2D eigenvalue weighted by Gasteiger charge is 2.23. The molecule has 1 saturated carbocycles. The van der Waals surface area contributed by atoms with Crippen molar-refractivity contribution in [2.24, 2.45) is 11.7 Å². The molecular formula is C18H28N2O3. The molecule has 1 aromatic carbocycles. The third kappa shape index (κ3) is 4.61. The molecule has 3 N–H and O–H groups in total. The second-order valence-corrected chi connectivity index (χ2v) is 6.14. The average Bonchev–Trinajstić information content (AvgIpc) is 3.10. The van der Waals surface area contributed by atoms with E-state index in [4.69, 9.17) is 15.2 Å². The quantitative estimate of drug-likeness (QED) is 0.720. The molecule has 1 aliphatic carbocycles. The molecule has 0 aliphatic heterocycles. The number of ether oxygens (including phenoxy) is 2. The molecule has 128 valence electrons. The van der Waals surface area contributed by atoms with E-state index in [0.717, 1.165) is 35.8 Å². The molecular weight excluding hydrogens is 292 g/mol. The normalized spacial score (nSPS) is 16.1. The average molecular weight is 320 g/mol. The van der Waals surface area contributed by atoms with Crippen molar-refractivity contribution in [1.29, 1.82) is 0 Å². The Bertz CT molecular complexity index is 513. The minimum absolute atomic E-state index is 0.228. The van der Waals surface area contributed by atoms with Crippen molar-refractivity contribution in [3.63, 3.8) is 0 Å². The minimum Gasteiger partial charge on any atom is -0.496 e. The van der Waals surface area contributed by atoms with E-state index in [1.54, 1.807) is 7.11 Å². The molecule has 0 radical (unpaired) electrons. The summed E-state index contributed by atoms with van der Waals surface area (Å²) >= 11 is 0. The van der Waals surface area contributed by atoms with Crippen LogP contribution < -0.4 is 15.8 Å². The van der Waals surface area contributed by atoms with Gasteiger partial charge in [-0.05, 0) is 30.9 Å². The van der Waals surface area contributed by atoms with Gasteiger partial charge >= 0.3 is 5.97 Å². The molecule has 1 aromatic rings. The molecule has 0 bridgehead atoms. The van der Waals surface area contributed by atoms with E-state index in [-0.39, 0.29) is 12.0 Å². The predicted molar refractivity (Wildman–Crippen MR) is 91.5 cm³/mol. The molecule has 0 amide bonds. The molecule has 5 nitrogen and oxygen atoms in total. The molecule has 1 fully saturated rings. The summed E-state index contributed by atoms with van der Waals surface area (Å²) in [5.41, 5.74) is 7.57. The smallest absolute Gasteiger partial charge is 0.328 e. The first-order chi connectivity index (χ1) is 11.2. The zero-order chi connectivity index (χ0) is 16.7. The summed E-state index contributed by atoms with van der Waals surface area (Å²) < 4.78 is 10.3. The maximum absolute atomic E-state index is 12.1. The van der Waals surface area contributed by atoms with Gasteiger partial charge in [0.25, 0.3) is 0 Å². The molecule has 0 spiro atoms. The van der Waals surface area contributed by atoms with Gasteiger partial charge in [0.2, 0.25) is 0 Å². The number of esters is 1. The third-order valence-electron chi connectivity index (χ3n) is 4.71. The number of hydrogen-bond donors (Lipinski definition) is 2. The Labute approximate surface area is 138 Å². The van der Waals surface area contributed by atoms with Crippen LogP contribution in [0.25, 0.3) is 0 Å². The van der Waals surface area contributed by atoms with Crippen molar-refractivity contribution < 1.29 is 14.3 Å². The highest BCUT2D eigenvalue weighted by atomic mass is 16.5. The number of nitrogens with two attached hydrogens (primary N) is 1. The van der Waals surface area contributed by atoms with Crippen LogP contribution in [-0.4, -0.2) is 26.2 Å². The summed E-state index contributed by atoms with van der Waals surface area (Å²) in [5, 5.41) is 3.31. The van der Waals surface area contributed by atoms with Crippen LogP contribution in [-0.2, 0) is 16.1 Å². The molecule has 0 saturated heterocycles. The van der Waals surface area contributed by atoms with Crippen LogP contribution in [0.3, 0.4) is 0 Å². The lowest BCUT2D eigenvalue weighted by molar-refractivity contribution is -0.141. The minimum atomic E-state index is -0.349. The van der Waals surface area contributed by atoms with Crippen LogP contribution >= 0.6 is 0 Å². The first-order valence-corrected chi connectivity index (χ1v) is 8.40. The summed E-state index contributed by atoms with van der Waals surface area (Å²) in [7, 11) is 3.05. The Morgan fingerprint density at radius 3 is 2.70 bits per heavy atom. The van der Waals surface area contributed by atoms with Crippen LogP contribution in [0.4, 0.5) is 5.69 Å². The summed E-state index contributed by atoms with van der Waals surface area (Å²) in [6.07, 6.45) is 7.01. The van der Waals surface area contributed by atoms with Crippen molar-refractivity contribution in [2.75, 3.05) is 19.5 Å². The van der Waals surface area contributed by atoms with Gasteiger partial charge in [0.1, 0.15) is 11.8 Å². The fourth-order valence-corrected chi connectivity index (χ4v) is 3.38. The molecule has 0 aromatic heterocycles. The van der Waals surface area contributed by atoms with E-state index in [0.29, 0.717) is 6.54 Å². The standard InChI is InChI=1S/C18H28N2O3/c1-22-17-9-5-8-15(14(17)12-19)20-16(18(21)23-2)11-10-13-6-3-4-7-13/h5,8-9,13,16,20H,3-4,6-7,10-12,19H2,1-2H3. The van der Waals surface area contributed by atoms with Gasteiger partial charge in [-0.3, -0.25) is 0 Å². The van der Waals surface area contributed by atoms with E-state index < -0.39 is 0 Å². The number of rotatable bonds is 8. The number of hydrogen-bond acceptors (Lipinski definition) is 5. The first kappa shape index (κ1) is 17.6. The molecule has 0 heterocycles. The van der Waals surface area contributed by atoms with E-state index in [1.807, 2.05) is 18.2 Å². The Kier molecular flexibility index (Phi) is 6.71. The van der Waals surface area contributed by atoms with Crippen LogP contribution in [0, 0.1) is 5.92 Å². The number of methoxy groups -OCH3 is 2. The van der Waals surface area contributed by atoms with Crippen LogP contribution in [0.1, 0.15) is 44.1 Å². The topological polar surface area (TPSA) is 73.6 Å². The van der Waals surface area contributed by atoms with E-state index in [9.17, 15) is 4.79 Å². The lowest BCUT2D eigenvalue weighted by atomic mass is 9.98. The number of carbonyl (C=O) groups is 1. The van der Waals surface area contributed by atoms with E-state index in [1.165, 1.54) is 32.8 Å². The first-order valence-electron chi connectivity index (χ1n) is 8.40. The Balaban J connectivity index is 2.09. The SMILES string of the molecule is COC(=O)C(CCC1CCCC1)Nc1cccc(OC)c1CN. The summed E-state index contributed by atoms with van der Waals surface area (Å²) in [5.74, 6) is 1.24. The number of carbonyl (C=O) groups excluding carboxylic acids is 1. The summed E-state index contributed by atoms with van der Waals surface area (Å²) in [6.45, 7) is 0.350. The highest BCUT2D eigenvalue weighted by Crippen LogP contribution is 2.31. The van der Waals surface area contributed by atoms with Gasteiger partial charge in [-0.2, -0.15) is 0 Å². The van der Waals surface area contributed by atoms with Crippen molar-refractivity contribution >= 4 is 11.7 Å². The van der Waals surface area contributed by atoms with Crippen LogP contribution in [0.2, 0.25) is 0 Å². The van der Waals surface area contributed by atoms with Crippen LogP contribution in [0.5, 0.6) is 5.75 Å². The van der Waals surface area contributed by atoms with Crippen molar-refractivity contribution in [1.82, 2.24) is 0 Å². The molecule has 1 aliphatic rings. The third-order valence-corrected chi connectivity index (χ3v) is 4.71. The van der Waals surface area contributed by atoms with Gasteiger partial charge < -0.3 is 20.5 Å². The fraction of sp³-hybridized carbons (Fsp3) is 0.611. The number of nitrogens with one attached hydrogen (secondary N) is 1. The van der Waals surface area contributed by atoms with Crippen molar-refractivity contribution in [3.05, 3.63) is 23.8 Å². The number of benzene rings is 1. The van der Waals surface area contributed by atoms with Gasteiger partial charge in [-0.1, -0.05) is 31.7 Å². The van der Waals surface area contributed by atoms with E-state index >= 15 is 0 Å². The molecule has 1 unspecified atom stereocenters. The summed E-state index contributed by atoms with van der Waals surface area (Å²) in [4.78, 5) is 12.1. The van der Waals surface area contributed by atoms with E-state index in [2.05, 4.69) is 5.32 Å². The molecule has 23 heavy (non-hydrogen) atoms. The van der Waals surface area contributed by atoms with Gasteiger partial charge in [0.15, 0.2) is 0 Å². The van der Waals surface area contributed by atoms with Crippen molar-refractivity contribution in [2.45, 2.75) is 51.1 Å². The van der Waals surface area contributed by atoms with Crippen molar-refractivity contribution in [3.8, 4) is 5.75 Å². The zero-order valence-electron chi connectivity index (χ0n) is 14.1. The zero-order valence-corrected chi connectivity index (χ0v) is 14.1.